The molecule has 0 saturated carbocycles. The topological polar surface area (TPSA) is 71.1 Å². The number of carbonyl (C=O) groups excluding carboxylic acids is 1. The second-order valence-electron chi connectivity index (χ2n) is 7.21. The molecule has 0 spiro atoms. The van der Waals surface area contributed by atoms with Crippen LogP contribution in [0.2, 0.25) is 0 Å². The number of rotatable bonds is 1. The van der Waals surface area contributed by atoms with Crippen LogP contribution in [0, 0.1) is 0 Å². The molecule has 25 heavy (non-hydrogen) atoms. The Morgan fingerprint density at radius 3 is 2.92 bits per heavy atom. The molecular weight excluding hydrogens is 316 g/mol. The number of nitrogens with zero attached hydrogens (tertiary/aromatic N) is 3. The molecule has 3 aromatic rings. The Bertz CT molecular complexity index is 997. The Kier molecular flexibility index (Phi) is 3.49. The Morgan fingerprint density at radius 1 is 1.28 bits per heavy atom. The third-order valence-corrected chi connectivity index (χ3v) is 4.21. The van der Waals surface area contributed by atoms with Gasteiger partial charge in [0, 0.05) is 36.3 Å². The average molecular weight is 336 g/mol. The van der Waals surface area contributed by atoms with Crippen LogP contribution in [0.4, 0.5) is 4.79 Å². The summed E-state index contributed by atoms with van der Waals surface area (Å²) >= 11 is 0. The van der Waals surface area contributed by atoms with Crippen LogP contribution in [-0.4, -0.2) is 44.6 Å². The van der Waals surface area contributed by atoms with Gasteiger partial charge in [0.2, 0.25) is 0 Å². The van der Waals surface area contributed by atoms with E-state index in [2.05, 4.69) is 21.0 Å². The summed E-state index contributed by atoms with van der Waals surface area (Å²) in [4.78, 5) is 26.0. The SMILES string of the molecule is CC(C)(C)OC(=O)N1CC=C(c2ccnc3cnc4[nH]ccc4c23)C1. The lowest BCUT2D eigenvalue weighted by molar-refractivity contribution is 0.0306. The van der Waals surface area contributed by atoms with Crippen molar-refractivity contribution in [1.82, 2.24) is 19.9 Å². The molecule has 4 rings (SSSR count). The third kappa shape index (κ3) is 2.84. The van der Waals surface area contributed by atoms with Gasteiger partial charge in [-0.15, -0.1) is 0 Å². The fraction of sp³-hybridized carbons (Fsp3) is 0.316. The first kappa shape index (κ1) is 15.6. The van der Waals surface area contributed by atoms with E-state index >= 15 is 0 Å². The maximum atomic E-state index is 12.3. The zero-order chi connectivity index (χ0) is 17.6. The van der Waals surface area contributed by atoms with Crippen LogP contribution >= 0.6 is 0 Å². The first-order valence-corrected chi connectivity index (χ1v) is 8.30. The van der Waals surface area contributed by atoms with Gasteiger partial charge >= 0.3 is 6.09 Å². The van der Waals surface area contributed by atoms with Crippen molar-refractivity contribution in [2.75, 3.05) is 13.1 Å². The Balaban J connectivity index is 1.69. The fourth-order valence-electron chi connectivity index (χ4n) is 3.14. The predicted molar refractivity (Wildman–Crippen MR) is 97.2 cm³/mol. The summed E-state index contributed by atoms with van der Waals surface area (Å²) in [6.45, 7) is 6.71. The Morgan fingerprint density at radius 2 is 2.12 bits per heavy atom. The highest BCUT2D eigenvalue weighted by Gasteiger charge is 2.26. The van der Waals surface area contributed by atoms with Crippen LogP contribution in [0.5, 0.6) is 0 Å². The molecule has 3 aromatic heterocycles. The minimum Gasteiger partial charge on any atom is -0.444 e. The highest BCUT2D eigenvalue weighted by atomic mass is 16.6. The van der Waals surface area contributed by atoms with Crippen molar-refractivity contribution in [3.63, 3.8) is 0 Å². The molecule has 1 amide bonds. The van der Waals surface area contributed by atoms with E-state index in [1.54, 1.807) is 17.3 Å². The largest absolute Gasteiger partial charge is 0.444 e. The zero-order valence-electron chi connectivity index (χ0n) is 14.5. The monoisotopic (exact) mass is 336 g/mol. The van der Waals surface area contributed by atoms with E-state index in [1.807, 2.05) is 39.1 Å². The molecule has 6 nitrogen and oxygen atoms in total. The smallest absolute Gasteiger partial charge is 0.410 e. The van der Waals surface area contributed by atoms with E-state index < -0.39 is 5.60 Å². The average Bonchev–Trinajstić information content (AvgIpc) is 3.22. The van der Waals surface area contributed by atoms with Crippen LogP contribution in [0.15, 0.2) is 36.8 Å². The quantitative estimate of drug-likeness (QED) is 0.735. The highest BCUT2D eigenvalue weighted by molar-refractivity contribution is 6.09. The van der Waals surface area contributed by atoms with Gasteiger partial charge in [0.25, 0.3) is 0 Å². The zero-order valence-corrected chi connectivity index (χ0v) is 14.5. The standard InChI is InChI=1S/C19H20N4O2/c1-19(2,3)25-18(24)23-9-6-12(11-23)13-4-7-20-15-10-22-17-14(16(13)15)5-8-21-17/h4-8,10H,9,11H2,1-3H3,(H,21,22). The molecule has 0 unspecified atom stereocenters. The lowest BCUT2D eigenvalue weighted by Crippen LogP contribution is -2.35. The molecule has 0 aromatic carbocycles. The van der Waals surface area contributed by atoms with E-state index in [0.717, 1.165) is 33.1 Å². The summed E-state index contributed by atoms with van der Waals surface area (Å²) < 4.78 is 5.48. The summed E-state index contributed by atoms with van der Waals surface area (Å²) in [7, 11) is 0. The van der Waals surface area contributed by atoms with E-state index in [-0.39, 0.29) is 6.09 Å². The lowest BCUT2D eigenvalue weighted by Gasteiger charge is -2.24. The molecule has 0 atom stereocenters. The third-order valence-electron chi connectivity index (χ3n) is 4.21. The number of aromatic amines is 1. The van der Waals surface area contributed by atoms with Crippen molar-refractivity contribution < 1.29 is 9.53 Å². The Hall–Kier alpha value is -2.89. The van der Waals surface area contributed by atoms with Crippen molar-refractivity contribution in [1.29, 1.82) is 0 Å². The van der Waals surface area contributed by atoms with Gasteiger partial charge in [0.1, 0.15) is 11.2 Å². The predicted octanol–water partition coefficient (Wildman–Crippen LogP) is 3.75. The van der Waals surface area contributed by atoms with Crippen molar-refractivity contribution in [3.05, 3.63) is 42.4 Å². The van der Waals surface area contributed by atoms with Crippen molar-refractivity contribution in [2.45, 2.75) is 26.4 Å². The minimum atomic E-state index is -0.494. The number of hydrogen-bond donors (Lipinski definition) is 1. The first-order chi connectivity index (χ1) is 11.9. The fourth-order valence-corrected chi connectivity index (χ4v) is 3.14. The second-order valence-corrected chi connectivity index (χ2v) is 7.21. The number of H-pyrrole nitrogens is 1. The molecule has 6 heteroatoms. The number of amides is 1. The maximum Gasteiger partial charge on any atom is 0.410 e. The van der Waals surface area contributed by atoms with Gasteiger partial charge in [0.15, 0.2) is 0 Å². The number of carbonyl (C=O) groups is 1. The first-order valence-electron chi connectivity index (χ1n) is 8.30. The van der Waals surface area contributed by atoms with Crippen molar-refractivity contribution in [3.8, 4) is 0 Å². The van der Waals surface area contributed by atoms with Gasteiger partial charge in [0.05, 0.1) is 11.7 Å². The minimum absolute atomic E-state index is 0.287. The van der Waals surface area contributed by atoms with Gasteiger partial charge in [-0.3, -0.25) is 4.98 Å². The maximum absolute atomic E-state index is 12.3. The molecule has 1 N–H and O–H groups in total. The summed E-state index contributed by atoms with van der Waals surface area (Å²) in [5.74, 6) is 0. The summed E-state index contributed by atoms with van der Waals surface area (Å²) in [6.07, 6.45) is 7.24. The molecule has 4 heterocycles. The summed E-state index contributed by atoms with van der Waals surface area (Å²) in [5, 5.41) is 2.10. The number of fused-ring (bicyclic) bond motifs is 3. The number of nitrogens with one attached hydrogen (secondary N) is 1. The van der Waals surface area contributed by atoms with Gasteiger partial charge in [-0.1, -0.05) is 6.08 Å². The van der Waals surface area contributed by atoms with E-state index in [9.17, 15) is 4.79 Å². The molecule has 0 bridgehead atoms. The summed E-state index contributed by atoms with van der Waals surface area (Å²) in [5.41, 5.74) is 3.38. The molecule has 0 fully saturated rings. The number of aromatic nitrogens is 3. The van der Waals surface area contributed by atoms with Gasteiger partial charge in [-0.2, -0.15) is 0 Å². The second kappa shape index (κ2) is 5.58. The van der Waals surface area contributed by atoms with E-state index in [1.165, 1.54) is 0 Å². The van der Waals surface area contributed by atoms with Gasteiger partial charge in [-0.25, -0.2) is 9.78 Å². The molecule has 0 aliphatic carbocycles. The van der Waals surface area contributed by atoms with Crippen LogP contribution in [0.3, 0.4) is 0 Å². The van der Waals surface area contributed by atoms with Crippen molar-refractivity contribution >= 4 is 33.6 Å². The van der Waals surface area contributed by atoms with Gasteiger partial charge < -0.3 is 14.6 Å². The number of hydrogen-bond acceptors (Lipinski definition) is 4. The van der Waals surface area contributed by atoms with Crippen LogP contribution in [-0.2, 0) is 4.74 Å². The van der Waals surface area contributed by atoms with Crippen molar-refractivity contribution in [2.24, 2.45) is 0 Å². The molecular formula is C19H20N4O2. The molecule has 0 saturated heterocycles. The number of ether oxygens (including phenoxy) is 1. The molecule has 1 aliphatic rings. The van der Waals surface area contributed by atoms with E-state index in [0.29, 0.717) is 13.1 Å². The lowest BCUT2D eigenvalue weighted by atomic mass is 10.0. The van der Waals surface area contributed by atoms with Crippen LogP contribution < -0.4 is 0 Å². The normalized spacial score (nSPS) is 15.0. The molecule has 0 radical (unpaired) electrons. The van der Waals surface area contributed by atoms with E-state index in [4.69, 9.17) is 4.74 Å². The number of pyridine rings is 2. The Labute approximate surface area is 145 Å². The highest BCUT2D eigenvalue weighted by Crippen LogP contribution is 2.31. The van der Waals surface area contributed by atoms with Crippen LogP contribution in [0.1, 0.15) is 26.3 Å². The van der Waals surface area contributed by atoms with Crippen LogP contribution in [0.25, 0.3) is 27.5 Å². The summed E-state index contributed by atoms with van der Waals surface area (Å²) in [6, 6.07) is 4.01. The van der Waals surface area contributed by atoms with Gasteiger partial charge in [-0.05, 0) is 44.0 Å². The molecule has 128 valence electrons. The molecule has 1 aliphatic heterocycles.